The molecule has 0 atom stereocenters. The highest BCUT2D eigenvalue weighted by Crippen LogP contribution is 2.20. The van der Waals surface area contributed by atoms with Gasteiger partial charge in [0.05, 0.1) is 5.56 Å². The molecule has 2 aromatic heterocycles. The summed E-state index contributed by atoms with van der Waals surface area (Å²) in [5.74, 6) is 0.307. The van der Waals surface area contributed by atoms with E-state index in [2.05, 4.69) is 31.4 Å². The third-order valence-corrected chi connectivity index (χ3v) is 3.82. The van der Waals surface area contributed by atoms with E-state index in [-0.39, 0.29) is 12.3 Å². The number of pyridine rings is 1. The number of halogens is 2. The van der Waals surface area contributed by atoms with Gasteiger partial charge < -0.3 is 14.6 Å². The first-order chi connectivity index (χ1) is 12.0. The van der Waals surface area contributed by atoms with Crippen LogP contribution in [0.2, 0.25) is 0 Å². The van der Waals surface area contributed by atoms with Crippen LogP contribution in [0.3, 0.4) is 0 Å². The SMILES string of the molecule is Cc1onc(C(=O)Nc2ccc(Br)cn2)c1COc1cccc(F)c1. The summed E-state index contributed by atoms with van der Waals surface area (Å²) in [6.45, 7) is 1.70. The average Bonchev–Trinajstić information content (AvgIpc) is 2.96. The van der Waals surface area contributed by atoms with Gasteiger partial charge in [-0.1, -0.05) is 11.2 Å². The minimum atomic E-state index is -0.468. The predicted molar refractivity (Wildman–Crippen MR) is 91.9 cm³/mol. The Labute approximate surface area is 151 Å². The Hall–Kier alpha value is -2.74. The molecule has 3 rings (SSSR count). The lowest BCUT2D eigenvalue weighted by Crippen LogP contribution is -2.16. The number of carbonyl (C=O) groups is 1. The first kappa shape index (κ1) is 17.1. The average molecular weight is 406 g/mol. The standard InChI is InChI=1S/C17H13BrFN3O3/c1-10-14(9-24-13-4-2-3-12(19)7-13)16(22-25-10)17(23)21-15-6-5-11(18)8-20-15/h2-8H,9H2,1H3,(H,20,21,23). The van der Waals surface area contributed by atoms with Crippen molar-refractivity contribution >= 4 is 27.7 Å². The summed E-state index contributed by atoms with van der Waals surface area (Å²) in [7, 11) is 0. The number of carbonyl (C=O) groups excluding carboxylic acids is 1. The molecule has 25 heavy (non-hydrogen) atoms. The van der Waals surface area contributed by atoms with Gasteiger partial charge in [-0.25, -0.2) is 9.37 Å². The van der Waals surface area contributed by atoms with Gasteiger partial charge in [0.25, 0.3) is 5.91 Å². The number of aryl methyl sites for hydroxylation is 1. The van der Waals surface area contributed by atoms with E-state index >= 15 is 0 Å². The molecule has 0 bridgehead atoms. The van der Waals surface area contributed by atoms with E-state index in [1.165, 1.54) is 18.2 Å². The Morgan fingerprint density at radius 2 is 2.20 bits per heavy atom. The van der Waals surface area contributed by atoms with Crippen LogP contribution in [0, 0.1) is 12.7 Å². The van der Waals surface area contributed by atoms with Crippen molar-refractivity contribution in [3.8, 4) is 5.75 Å². The molecule has 0 saturated carbocycles. The molecule has 3 aromatic rings. The fourth-order valence-electron chi connectivity index (χ4n) is 2.08. The molecule has 0 aliphatic heterocycles. The molecule has 2 heterocycles. The minimum Gasteiger partial charge on any atom is -0.489 e. The van der Waals surface area contributed by atoms with Crippen LogP contribution >= 0.6 is 15.9 Å². The largest absolute Gasteiger partial charge is 0.489 e. The Bertz CT molecular complexity index is 896. The molecule has 6 nitrogen and oxygen atoms in total. The van der Waals surface area contributed by atoms with E-state index in [9.17, 15) is 9.18 Å². The molecule has 0 unspecified atom stereocenters. The van der Waals surface area contributed by atoms with Crippen molar-refractivity contribution in [1.82, 2.24) is 10.1 Å². The molecule has 1 aromatic carbocycles. The molecule has 0 aliphatic carbocycles. The molecular weight excluding hydrogens is 393 g/mol. The molecule has 0 fully saturated rings. The van der Waals surface area contributed by atoms with Gasteiger partial charge in [-0.2, -0.15) is 0 Å². The number of amides is 1. The van der Waals surface area contributed by atoms with Gasteiger partial charge in [0, 0.05) is 16.7 Å². The first-order valence-electron chi connectivity index (χ1n) is 7.29. The highest BCUT2D eigenvalue weighted by molar-refractivity contribution is 9.10. The third-order valence-electron chi connectivity index (χ3n) is 3.35. The van der Waals surface area contributed by atoms with Crippen LogP contribution in [0.1, 0.15) is 21.8 Å². The maximum absolute atomic E-state index is 13.2. The second-order valence-electron chi connectivity index (χ2n) is 5.13. The fraction of sp³-hybridized carbons (Fsp3) is 0.118. The number of nitrogens with one attached hydrogen (secondary N) is 1. The predicted octanol–water partition coefficient (Wildman–Crippen LogP) is 4.11. The highest BCUT2D eigenvalue weighted by atomic mass is 79.9. The summed E-state index contributed by atoms with van der Waals surface area (Å²) >= 11 is 3.27. The zero-order chi connectivity index (χ0) is 17.8. The number of rotatable bonds is 5. The van der Waals surface area contributed by atoms with Crippen LogP contribution in [-0.4, -0.2) is 16.0 Å². The Balaban J connectivity index is 1.74. The van der Waals surface area contributed by atoms with Crippen LogP contribution in [0.5, 0.6) is 5.75 Å². The van der Waals surface area contributed by atoms with Gasteiger partial charge in [0.1, 0.15) is 29.8 Å². The van der Waals surface area contributed by atoms with E-state index < -0.39 is 11.7 Å². The lowest BCUT2D eigenvalue weighted by molar-refractivity contribution is 0.101. The molecule has 1 amide bonds. The summed E-state index contributed by atoms with van der Waals surface area (Å²) in [4.78, 5) is 16.5. The lowest BCUT2D eigenvalue weighted by Gasteiger charge is -2.07. The maximum atomic E-state index is 13.2. The number of hydrogen-bond acceptors (Lipinski definition) is 5. The number of anilines is 1. The normalized spacial score (nSPS) is 10.5. The van der Waals surface area contributed by atoms with Crippen molar-refractivity contribution in [3.63, 3.8) is 0 Å². The topological polar surface area (TPSA) is 77.3 Å². The van der Waals surface area contributed by atoms with Crippen LogP contribution in [0.4, 0.5) is 10.2 Å². The van der Waals surface area contributed by atoms with Crippen LogP contribution in [0.25, 0.3) is 0 Å². The number of hydrogen-bond donors (Lipinski definition) is 1. The van der Waals surface area contributed by atoms with Crippen LogP contribution in [0.15, 0.2) is 51.6 Å². The molecule has 0 spiro atoms. The van der Waals surface area contributed by atoms with Crippen LogP contribution in [-0.2, 0) is 6.61 Å². The van der Waals surface area contributed by atoms with Crippen molar-refractivity contribution < 1.29 is 18.4 Å². The van der Waals surface area contributed by atoms with E-state index in [1.807, 2.05) is 0 Å². The van der Waals surface area contributed by atoms with E-state index in [0.717, 1.165) is 4.47 Å². The summed E-state index contributed by atoms with van der Waals surface area (Å²) in [5.41, 5.74) is 0.581. The number of benzene rings is 1. The molecule has 128 valence electrons. The lowest BCUT2D eigenvalue weighted by atomic mass is 10.2. The Kier molecular flexibility index (Phi) is 5.08. The summed E-state index contributed by atoms with van der Waals surface area (Å²) in [5, 5.41) is 6.42. The Morgan fingerprint density at radius 1 is 1.36 bits per heavy atom. The van der Waals surface area contributed by atoms with E-state index in [1.54, 1.807) is 31.3 Å². The quantitative estimate of drug-likeness (QED) is 0.690. The molecule has 1 N–H and O–H groups in total. The smallest absolute Gasteiger partial charge is 0.279 e. The molecule has 0 aliphatic rings. The first-order valence-corrected chi connectivity index (χ1v) is 8.08. The van der Waals surface area contributed by atoms with Crippen molar-refractivity contribution in [1.29, 1.82) is 0 Å². The maximum Gasteiger partial charge on any atom is 0.279 e. The minimum absolute atomic E-state index is 0.0231. The van der Waals surface area contributed by atoms with Gasteiger partial charge in [-0.15, -0.1) is 0 Å². The molecular formula is C17H13BrFN3O3. The molecule has 0 saturated heterocycles. The molecule has 0 radical (unpaired) electrons. The summed E-state index contributed by atoms with van der Waals surface area (Å²) < 4.78 is 24.6. The zero-order valence-electron chi connectivity index (χ0n) is 13.1. The van der Waals surface area contributed by atoms with E-state index in [0.29, 0.717) is 22.9 Å². The van der Waals surface area contributed by atoms with Gasteiger partial charge in [-0.05, 0) is 47.1 Å². The number of nitrogens with zero attached hydrogens (tertiary/aromatic N) is 2. The van der Waals surface area contributed by atoms with Gasteiger partial charge in [0.2, 0.25) is 0 Å². The third kappa shape index (κ3) is 4.21. The van der Waals surface area contributed by atoms with Crippen molar-refractivity contribution in [2.75, 3.05) is 5.32 Å². The number of ether oxygens (including phenoxy) is 1. The molecule has 8 heteroatoms. The highest BCUT2D eigenvalue weighted by Gasteiger charge is 2.21. The van der Waals surface area contributed by atoms with Gasteiger partial charge >= 0.3 is 0 Å². The van der Waals surface area contributed by atoms with Gasteiger partial charge in [-0.3, -0.25) is 4.79 Å². The zero-order valence-corrected chi connectivity index (χ0v) is 14.7. The monoisotopic (exact) mass is 405 g/mol. The second kappa shape index (κ2) is 7.43. The Morgan fingerprint density at radius 3 is 2.92 bits per heavy atom. The second-order valence-corrected chi connectivity index (χ2v) is 6.04. The summed E-state index contributed by atoms with van der Waals surface area (Å²) in [6.07, 6.45) is 1.57. The van der Waals surface area contributed by atoms with E-state index in [4.69, 9.17) is 9.26 Å². The number of aromatic nitrogens is 2. The van der Waals surface area contributed by atoms with Crippen molar-refractivity contribution in [2.24, 2.45) is 0 Å². The van der Waals surface area contributed by atoms with Crippen LogP contribution < -0.4 is 10.1 Å². The summed E-state index contributed by atoms with van der Waals surface area (Å²) in [6, 6.07) is 9.15. The van der Waals surface area contributed by atoms with Crippen molar-refractivity contribution in [2.45, 2.75) is 13.5 Å². The van der Waals surface area contributed by atoms with Gasteiger partial charge in [0.15, 0.2) is 5.69 Å². The van der Waals surface area contributed by atoms with Crippen molar-refractivity contribution in [3.05, 3.63) is 69.9 Å². The fourth-order valence-corrected chi connectivity index (χ4v) is 2.31.